The molecule has 0 saturated heterocycles. The smallest absolute Gasteiger partial charge is 0.227 e. The monoisotopic (exact) mass is 277 g/mol. The SMILES string of the molecule is CNc1nc(OC2CCCCC2C)c2ccsc2n1. The van der Waals surface area contributed by atoms with Crippen molar-refractivity contribution in [3.05, 3.63) is 11.4 Å². The van der Waals surface area contributed by atoms with Crippen LogP contribution in [0.5, 0.6) is 5.88 Å². The second kappa shape index (κ2) is 5.33. The first-order valence-electron chi connectivity index (χ1n) is 6.87. The molecule has 2 unspecified atom stereocenters. The first kappa shape index (κ1) is 12.7. The van der Waals surface area contributed by atoms with E-state index in [-0.39, 0.29) is 6.10 Å². The number of anilines is 1. The van der Waals surface area contributed by atoms with Crippen molar-refractivity contribution >= 4 is 27.5 Å². The third-order valence-corrected chi connectivity index (χ3v) is 4.62. The Labute approximate surface area is 117 Å². The maximum Gasteiger partial charge on any atom is 0.227 e. The van der Waals surface area contributed by atoms with E-state index in [1.165, 1.54) is 19.3 Å². The highest BCUT2D eigenvalue weighted by Crippen LogP contribution is 2.32. The standard InChI is InChI=1S/C14H19N3OS/c1-9-5-3-4-6-11(9)18-12-10-7-8-19-13(10)17-14(15-2)16-12/h7-9,11H,3-6H2,1-2H3,(H,15,16,17). The number of ether oxygens (including phenoxy) is 1. The summed E-state index contributed by atoms with van der Waals surface area (Å²) >= 11 is 1.62. The maximum absolute atomic E-state index is 6.20. The van der Waals surface area contributed by atoms with Crippen LogP contribution in [0, 0.1) is 5.92 Å². The van der Waals surface area contributed by atoms with Gasteiger partial charge in [-0.1, -0.05) is 13.3 Å². The normalized spacial score (nSPS) is 23.5. The van der Waals surface area contributed by atoms with E-state index in [1.54, 1.807) is 11.3 Å². The lowest BCUT2D eigenvalue weighted by molar-refractivity contribution is 0.0994. The van der Waals surface area contributed by atoms with Crippen molar-refractivity contribution in [3.63, 3.8) is 0 Å². The zero-order valence-electron chi connectivity index (χ0n) is 11.3. The summed E-state index contributed by atoms with van der Waals surface area (Å²) in [5.74, 6) is 1.97. The lowest BCUT2D eigenvalue weighted by atomic mass is 9.88. The first-order chi connectivity index (χ1) is 9.28. The molecule has 102 valence electrons. The number of nitrogens with one attached hydrogen (secondary N) is 1. The summed E-state index contributed by atoms with van der Waals surface area (Å²) in [5.41, 5.74) is 0. The Bertz CT molecular complexity index is 569. The minimum Gasteiger partial charge on any atom is -0.473 e. The average molecular weight is 277 g/mol. The van der Waals surface area contributed by atoms with Crippen molar-refractivity contribution in [1.82, 2.24) is 9.97 Å². The van der Waals surface area contributed by atoms with Crippen LogP contribution < -0.4 is 10.1 Å². The molecule has 19 heavy (non-hydrogen) atoms. The summed E-state index contributed by atoms with van der Waals surface area (Å²) in [7, 11) is 1.84. The van der Waals surface area contributed by atoms with Crippen molar-refractivity contribution in [2.24, 2.45) is 5.92 Å². The highest BCUT2D eigenvalue weighted by molar-refractivity contribution is 7.16. The van der Waals surface area contributed by atoms with Gasteiger partial charge in [-0.3, -0.25) is 0 Å². The summed E-state index contributed by atoms with van der Waals surface area (Å²) in [5, 5.41) is 6.07. The second-order valence-corrected chi connectivity index (χ2v) is 6.05. The van der Waals surface area contributed by atoms with Crippen LogP contribution in [0.25, 0.3) is 10.2 Å². The number of nitrogens with zero attached hydrogens (tertiary/aromatic N) is 2. The molecule has 1 aliphatic rings. The molecule has 1 N–H and O–H groups in total. The molecule has 1 fully saturated rings. The van der Waals surface area contributed by atoms with Crippen molar-refractivity contribution < 1.29 is 4.74 Å². The van der Waals surface area contributed by atoms with Gasteiger partial charge in [0.1, 0.15) is 10.9 Å². The molecule has 0 aliphatic heterocycles. The highest BCUT2D eigenvalue weighted by atomic mass is 32.1. The average Bonchev–Trinajstić information content (AvgIpc) is 2.89. The third-order valence-electron chi connectivity index (χ3n) is 3.81. The molecule has 4 nitrogen and oxygen atoms in total. The number of fused-ring (bicyclic) bond motifs is 1. The molecule has 0 bridgehead atoms. The van der Waals surface area contributed by atoms with Crippen LogP contribution in [-0.2, 0) is 0 Å². The van der Waals surface area contributed by atoms with Gasteiger partial charge in [-0.15, -0.1) is 11.3 Å². The van der Waals surface area contributed by atoms with Crippen LogP contribution in [0.15, 0.2) is 11.4 Å². The van der Waals surface area contributed by atoms with Crippen molar-refractivity contribution in [2.45, 2.75) is 38.7 Å². The van der Waals surface area contributed by atoms with Gasteiger partial charge in [0.2, 0.25) is 11.8 Å². The molecule has 2 aromatic heterocycles. The van der Waals surface area contributed by atoms with Gasteiger partial charge in [0, 0.05) is 7.05 Å². The quantitative estimate of drug-likeness (QED) is 0.929. The summed E-state index contributed by atoms with van der Waals surface area (Å²) in [6.45, 7) is 2.27. The Kier molecular flexibility index (Phi) is 3.55. The summed E-state index contributed by atoms with van der Waals surface area (Å²) in [6.07, 6.45) is 5.25. The van der Waals surface area contributed by atoms with Gasteiger partial charge < -0.3 is 10.1 Å². The van der Waals surface area contributed by atoms with Gasteiger partial charge in [-0.2, -0.15) is 4.98 Å². The Morgan fingerprint density at radius 1 is 1.32 bits per heavy atom. The third kappa shape index (κ3) is 2.52. The number of hydrogen-bond donors (Lipinski definition) is 1. The van der Waals surface area contributed by atoms with Crippen molar-refractivity contribution in [3.8, 4) is 5.88 Å². The van der Waals surface area contributed by atoms with E-state index < -0.39 is 0 Å². The van der Waals surface area contributed by atoms with Gasteiger partial charge in [0.05, 0.1) is 5.39 Å². The van der Waals surface area contributed by atoms with Crippen molar-refractivity contribution in [2.75, 3.05) is 12.4 Å². The molecule has 1 aliphatic carbocycles. The van der Waals surface area contributed by atoms with Gasteiger partial charge in [0.25, 0.3) is 0 Å². The highest BCUT2D eigenvalue weighted by Gasteiger charge is 2.24. The molecule has 0 amide bonds. The number of rotatable bonds is 3. The topological polar surface area (TPSA) is 47.0 Å². The lowest BCUT2D eigenvalue weighted by Gasteiger charge is -2.29. The number of aromatic nitrogens is 2. The Balaban J connectivity index is 1.92. The van der Waals surface area contributed by atoms with Crippen LogP contribution >= 0.6 is 11.3 Å². The lowest BCUT2D eigenvalue weighted by Crippen LogP contribution is -2.28. The Hall–Kier alpha value is -1.36. The Morgan fingerprint density at radius 3 is 2.95 bits per heavy atom. The predicted molar refractivity (Wildman–Crippen MR) is 79.0 cm³/mol. The van der Waals surface area contributed by atoms with Crippen LogP contribution in [0.3, 0.4) is 0 Å². The molecule has 0 radical (unpaired) electrons. The minimum atomic E-state index is 0.288. The first-order valence-corrected chi connectivity index (χ1v) is 7.75. The predicted octanol–water partition coefficient (Wildman–Crippen LogP) is 3.69. The number of hydrogen-bond acceptors (Lipinski definition) is 5. The molecule has 2 aromatic rings. The van der Waals surface area contributed by atoms with Crippen LogP contribution in [0.4, 0.5) is 5.95 Å². The fourth-order valence-corrected chi connectivity index (χ4v) is 3.39. The van der Waals surface area contributed by atoms with Gasteiger partial charge >= 0.3 is 0 Å². The molecular formula is C14H19N3OS. The van der Waals surface area contributed by atoms with Gasteiger partial charge in [-0.25, -0.2) is 4.98 Å². The molecule has 5 heteroatoms. The summed E-state index contributed by atoms with van der Waals surface area (Å²) < 4.78 is 6.20. The fraction of sp³-hybridized carbons (Fsp3) is 0.571. The van der Waals surface area contributed by atoms with Crippen LogP contribution in [0.1, 0.15) is 32.6 Å². The molecule has 0 aromatic carbocycles. The van der Waals surface area contributed by atoms with Gasteiger partial charge in [0.15, 0.2) is 0 Å². The summed E-state index contributed by atoms with van der Waals surface area (Å²) in [4.78, 5) is 9.91. The maximum atomic E-state index is 6.20. The van der Waals surface area contributed by atoms with E-state index in [1.807, 2.05) is 18.5 Å². The number of thiophene rings is 1. The zero-order valence-corrected chi connectivity index (χ0v) is 12.2. The van der Waals surface area contributed by atoms with Crippen LogP contribution in [-0.4, -0.2) is 23.1 Å². The van der Waals surface area contributed by atoms with E-state index in [2.05, 4.69) is 22.2 Å². The summed E-state index contributed by atoms with van der Waals surface area (Å²) in [6, 6.07) is 2.04. The molecule has 0 spiro atoms. The van der Waals surface area contributed by atoms with Gasteiger partial charge in [-0.05, 0) is 36.6 Å². The van der Waals surface area contributed by atoms with Crippen LogP contribution in [0.2, 0.25) is 0 Å². The van der Waals surface area contributed by atoms with E-state index in [9.17, 15) is 0 Å². The zero-order chi connectivity index (χ0) is 13.2. The minimum absolute atomic E-state index is 0.288. The molecule has 2 atom stereocenters. The van der Waals surface area contributed by atoms with E-state index in [4.69, 9.17) is 4.74 Å². The molecule has 3 rings (SSSR count). The fourth-order valence-electron chi connectivity index (χ4n) is 2.63. The molecule has 1 saturated carbocycles. The van der Waals surface area contributed by atoms with E-state index >= 15 is 0 Å². The largest absolute Gasteiger partial charge is 0.473 e. The van der Waals surface area contributed by atoms with Crippen molar-refractivity contribution in [1.29, 1.82) is 0 Å². The van der Waals surface area contributed by atoms with E-state index in [0.29, 0.717) is 11.9 Å². The Morgan fingerprint density at radius 2 is 2.16 bits per heavy atom. The molecule has 2 heterocycles. The molecular weight excluding hydrogens is 258 g/mol. The van der Waals surface area contributed by atoms with E-state index in [0.717, 1.165) is 22.5 Å². The second-order valence-electron chi connectivity index (χ2n) is 5.16.